The number of benzene rings is 1. The van der Waals surface area contributed by atoms with Gasteiger partial charge in [-0.1, -0.05) is 23.2 Å². The minimum atomic E-state index is -4.87. The number of amides is 1. The fourth-order valence-electron chi connectivity index (χ4n) is 2.30. The standard InChI is InChI=1S/C17H14Cl2F3N3O4/c1-3-29-23-15(27)12(19)7-9-6-10(4-5-11(9)18)25-14(26)8-13(17(20,21)22)24(2)16(25)28/h4-8H,3H2,1-2H3,(H,23,27)/b12-7-. The van der Waals surface area contributed by atoms with Crippen molar-refractivity contribution in [1.29, 1.82) is 0 Å². The summed E-state index contributed by atoms with van der Waals surface area (Å²) in [6.07, 6.45) is -3.72. The molecular formula is C17H14Cl2F3N3O4. The number of carbonyl (C=O) groups excluding carboxylic acids is 1. The number of aromatic nitrogens is 2. The minimum absolute atomic E-state index is 0.0605. The molecule has 29 heavy (non-hydrogen) atoms. The number of nitrogens with one attached hydrogen (secondary N) is 1. The first-order valence-corrected chi connectivity index (χ1v) is 8.72. The van der Waals surface area contributed by atoms with Gasteiger partial charge in [0.15, 0.2) is 0 Å². The first kappa shape index (κ1) is 22.7. The Morgan fingerprint density at radius 1 is 1.28 bits per heavy atom. The Bertz CT molecular complexity index is 1090. The van der Waals surface area contributed by atoms with Gasteiger partial charge in [-0.2, -0.15) is 13.2 Å². The molecule has 1 heterocycles. The zero-order valence-corrected chi connectivity index (χ0v) is 16.5. The van der Waals surface area contributed by atoms with Crippen molar-refractivity contribution in [3.05, 3.63) is 66.4 Å². The van der Waals surface area contributed by atoms with Gasteiger partial charge in [-0.3, -0.25) is 19.0 Å². The van der Waals surface area contributed by atoms with Crippen LogP contribution in [0.3, 0.4) is 0 Å². The maximum absolute atomic E-state index is 13.0. The van der Waals surface area contributed by atoms with Crippen molar-refractivity contribution in [2.75, 3.05) is 6.61 Å². The molecule has 7 nitrogen and oxygen atoms in total. The van der Waals surface area contributed by atoms with E-state index in [4.69, 9.17) is 28.0 Å². The van der Waals surface area contributed by atoms with Crippen LogP contribution in [0.1, 0.15) is 18.2 Å². The van der Waals surface area contributed by atoms with Gasteiger partial charge < -0.3 is 0 Å². The van der Waals surface area contributed by atoms with Gasteiger partial charge in [0.25, 0.3) is 11.5 Å². The molecule has 2 rings (SSSR count). The second kappa shape index (κ2) is 8.85. The van der Waals surface area contributed by atoms with Crippen molar-refractivity contribution < 1.29 is 22.8 Å². The van der Waals surface area contributed by atoms with Gasteiger partial charge in [-0.15, -0.1) is 0 Å². The molecule has 0 saturated heterocycles. The van der Waals surface area contributed by atoms with E-state index in [0.29, 0.717) is 15.2 Å². The largest absolute Gasteiger partial charge is 0.431 e. The van der Waals surface area contributed by atoms with Crippen LogP contribution in [-0.2, 0) is 22.9 Å². The van der Waals surface area contributed by atoms with Crippen molar-refractivity contribution in [2.24, 2.45) is 7.05 Å². The van der Waals surface area contributed by atoms with Crippen molar-refractivity contribution >= 4 is 35.2 Å². The molecule has 1 amide bonds. The third-order valence-corrected chi connectivity index (χ3v) is 4.28. The fraction of sp³-hybridized carbons (Fsp3) is 0.235. The third kappa shape index (κ3) is 5.08. The Morgan fingerprint density at radius 2 is 1.93 bits per heavy atom. The summed E-state index contributed by atoms with van der Waals surface area (Å²) >= 11 is 11.9. The number of hydrogen-bond donors (Lipinski definition) is 1. The second-order valence-electron chi connectivity index (χ2n) is 5.60. The molecule has 0 aliphatic heterocycles. The number of halogens is 5. The molecule has 0 aliphatic carbocycles. The topological polar surface area (TPSA) is 82.3 Å². The van der Waals surface area contributed by atoms with Crippen LogP contribution >= 0.6 is 23.2 Å². The van der Waals surface area contributed by atoms with Crippen LogP contribution in [0.15, 0.2) is 38.9 Å². The molecule has 0 bridgehead atoms. The number of hydrogen-bond acceptors (Lipinski definition) is 4. The van der Waals surface area contributed by atoms with Gasteiger partial charge in [0.1, 0.15) is 10.7 Å². The molecule has 0 atom stereocenters. The lowest BCUT2D eigenvalue weighted by Gasteiger charge is -2.14. The van der Waals surface area contributed by atoms with Crippen LogP contribution in [0.2, 0.25) is 5.02 Å². The van der Waals surface area contributed by atoms with Gasteiger partial charge in [0.2, 0.25) is 0 Å². The summed E-state index contributed by atoms with van der Waals surface area (Å²) in [6.45, 7) is 1.84. The molecule has 0 saturated carbocycles. The summed E-state index contributed by atoms with van der Waals surface area (Å²) in [7, 11) is 0.896. The summed E-state index contributed by atoms with van der Waals surface area (Å²) < 4.78 is 39.8. The number of rotatable bonds is 5. The predicted octanol–water partition coefficient (Wildman–Crippen LogP) is 2.86. The smallest absolute Gasteiger partial charge is 0.292 e. The Balaban J connectivity index is 2.58. The maximum atomic E-state index is 13.0. The minimum Gasteiger partial charge on any atom is -0.292 e. The average Bonchev–Trinajstić information content (AvgIpc) is 2.64. The molecule has 12 heteroatoms. The summed E-state index contributed by atoms with van der Waals surface area (Å²) in [5.74, 6) is -0.766. The zero-order chi connectivity index (χ0) is 21.9. The van der Waals surface area contributed by atoms with Crippen LogP contribution in [0, 0.1) is 0 Å². The van der Waals surface area contributed by atoms with E-state index in [1.54, 1.807) is 6.92 Å². The van der Waals surface area contributed by atoms with Crippen LogP contribution in [0.4, 0.5) is 13.2 Å². The summed E-state index contributed by atoms with van der Waals surface area (Å²) in [4.78, 5) is 41.1. The number of nitrogens with zero attached hydrogens (tertiary/aromatic N) is 2. The van der Waals surface area contributed by atoms with Crippen molar-refractivity contribution in [1.82, 2.24) is 14.6 Å². The highest BCUT2D eigenvalue weighted by atomic mass is 35.5. The third-order valence-electron chi connectivity index (χ3n) is 3.66. The van der Waals surface area contributed by atoms with E-state index >= 15 is 0 Å². The normalized spacial score (nSPS) is 12.2. The summed E-state index contributed by atoms with van der Waals surface area (Å²) in [6, 6.07) is 4.11. The first-order valence-electron chi connectivity index (χ1n) is 7.97. The quantitative estimate of drug-likeness (QED) is 0.559. The predicted molar refractivity (Wildman–Crippen MR) is 101 cm³/mol. The molecule has 1 N–H and O–H groups in total. The van der Waals surface area contributed by atoms with Gasteiger partial charge in [0.05, 0.1) is 12.3 Å². The molecule has 0 unspecified atom stereocenters. The van der Waals surface area contributed by atoms with Crippen molar-refractivity contribution in [3.8, 4) is 5.69 Å². The highest BCUT2D eigenvalue weighted by Crippen LogP contribution is 2.27. The lowest BCUT2D eigenvalue weighted by atomic mass is 10.1. The van der Waals surface area contributed by atoms with E-state index in [0.717, 1.165) is 13.1 Å². The van der Waals surface area contributed by atoms with Gasteiger partial charge in [-0.05, 0) is 36.8 Å². The summed E-state index contributed by atoms with van der Waals surface area (Å²) in [5, 5.41) is -0.196. The van der Waals surface area contributed by atoms with Crippen molar-refractivity contribution in [3.63, 3.8) is 0 Å². The Hall–Kier alpha value is -2.56. The SMILES string of the molecule is CCONC(=O)/C(Cl)=C/c1cc(-n2c(=O)cc(C(F)(F)F)n(C)c2=O)ccc1Cl. The molecule has 0 fully saturated rings. The van der Waals surface area contributed by atoms with E-state index in [1.807, 2.05) is 0 Å². The van der Waals surface area contributed by atoms with Crippen LogP contribution < -0.4 is 16.7 Å². The van der Waals surface area contributed by atoms with Gasteiger partial charge >= 0.3 is 11.9 Å². The second-order valence-corrected chi connectivity index (χ2v) is 6.42. The van der Waals surface area contributed by atoms with E-state index in [2.05, 4.69) is 5.48 Å². The number of hydroxylamine groups is 1. The number of alkyl halides is 3. The number of carbonyl (C=O) groups is 1. The molecule has 2 aromatic rings. The average molecular weight is 452 g/mol. The molecule has 0 radical (unpaired) electrons. The Labute approximate surface area is 171 Å². The molecule has 1 aromatic heterocycles. The van der Waals surface area contributed by atoms with Crippen molar-refractivity contribution in [2.45, 2.75) is 13.1 Å². The fourth-order valence-corrected chi connectivity index (χ4v) is 2.63. The summed E-state index contributed by atoms with van der Waals surface area (Å²) in [5.41, 5.74) is -1.62. The van der Waals surface area contributed by atoms with E-state index < -0.39 is 29.0 Å². The molecule has 0 spiro atoms. The Kier molecular flexibility index (Phi) is 6.93. The molecular weight excluding hydrogens is 438 g/mol. The molecule has 0 aliphatic rings. The van der Waals surface area contributed by atoms with Crippen LogP contribution in [0.25, 0.3) is 11.8 Å². The monoisotopic (exact) mass is 451 g/mol. The highest BCUT2D eigenvalue weighted by Gasteiger charge is 2.35. The maximum Gasteiger partial charge on any atom is 0.431 e. The zero-order valence-electron chi connectivity index (χ0n) is 15.0. The van der Waals surface area contributed by atoms with E-state index in [-0.39, 0.29) is 27.9 Å². The molecule has 156 valence electrons. The van der Waals surface area contributed by atoms with Crippen LogP contribution in [0.5, 0.6) is 0 Å². The van der Waals surface area contributed by atoms with E-state index in [1.165, 1.54) is 18.2 Å². The van der Waals surface area contributed by atoms with Gasteiger partial charge in [0, 0.05) is 18.1 Å². The Morgan fingerprint density at radius 3 is 2.52 bits per heavy atom. The lowest BCUT2D eigenvalue weighted by Crippen LogP contribution is -2.40. The van der Waals surface area contributed by atoms with E-state index in [9.17, 15) is 27.6 Å². The van der Waals surface area contributed by atoms with Gasteiger partial charge in [-0.25, -0.2) is 14.8 Å². The lowest BCUT2D eigenvalue weighted by molar-refractivity contribution is -0.144. The molecule has 1 aromatic carbocycles. The highest BCUT2D eigenvalue weighted by molar-refractivity contribution is 6.44. The first-order chi connectivity index (χ1) is 13.5. The van der Waals surface area contributed by atoms with Crippen LogP contribution in [-0.4, -0.2) is 21.6 Å².